The van der Waals surface area contributed by atoms with Crippen LogP contribution in [0.2, 0.25) is 0 Å². The molecule has 0 heterocycles. The van der Waals surface area contributed by atoms with Crippen molar-refractivity contribution in [3.05, 3.63) is 53.6 Å². The van der Waals surface area contributed by atoms with E-state index in [0.29, 0.717) is 16.9 Å². The minimum atomic E-state index is -0.475. The van der Waals surface area contributed by atoms with E-state index in [9.17, 15) is 4.79 Å². The van der Waals surface area contributed by atoms with Gasteiger partial charge in [0.05, 0.1) is 11.3 Å². The van der Waals surface area contributed by atoms with Crippen molar-refractivity contribution in [1.29, 1.82) is 0 Å². The average molecular weight is 283 g/mol. The fraction of sp³-hybridized carbons (Fsp3) is 0.235. The molecule has 0 radical (unpaired) electrons. The van der Waals surface area contributed by atoms with Crippen molar-refractivity contribution < 1.29 is 4.79 Å². The van der Waals surface area contributed by atoms with Crippen LogP contribution in [0.15, 0.2) is 42.5 Å². The van der Waals surface area contributed by atoms with Crippen molar-refractivity contribution in [2.45, 2.75) is 26.2 Å². The van der Waals surface area contributed by atoms with Crippen LogP contribution in [0.5, 0.6) is 0 Å². The largest absolute Gasteiger partial charge is 0.399 e. The van der Waals surface area contributed by atoms with E-state index in [0.717, 1.165) is 12.1 Å². The van der Waals surface area contributed by atoms with Gasteiger partial charge in [0.1, 0.15) is 0 Å². The van der Waals surface area contributed by atoms with Gasteiger partial charge in [0.15, 0.2) is 0 Å². The Morgan fingerprint density at radius 3 is 2.48 bits per heavy atom. The Bertz CT molecular complexity index is 620. The van der Waals surface area contributed by atoms with Gasteiger partial charge in [-0.15, -0.1) is 0 Å². The van der Waals surface area contributed by atoms with Crippen LogP contribution in [-0.2, 0) is 6.42 Å². The summed E-state index contributed by atoms with van der Waals surface area (Å²) in [6, 6.07) is 13.2. The van der Waals surface area contributed by atoms with Gasteiger partial charge < -0.3 is 16.8 Å². The first-order valence-electron chi connectivity index (χ1n) is 7.15. The number of unbranched alkanes of at least 4 members (excludes halogenated alkanes) is 1. The predicted octanol–water partition coefficient (Wildman–Crippen LogP) is 3.45. The molecule has 2 aromatic rings. The molecule has 0 saturated heterocycles. The van der Waals surface area contributed by atoms with Gasteiger partial charge >= 0.3 is 0 Å². The number of aryl methyl sites for hydroxylation is 1. The second-order valence-electron chi connectivity index (χ2n) is 5.09. The number of hydrogen-bond acceptors (Lipinski definition) is 3. The molecule has 0 fully saturated rings. The van der Waals surface area contributed by atoms with Crippen molar-refractivity contribution in [2.75, 3.05) is 11.1 Å². The van der Waals surface area contributed by atoms with Gasteiger partial charge in [-0.25, -0.2) is 0 Å². The molecule has 2 aromatic carbocycles. The lowest BCUT2D eigenvalue weighted by Gasteiger charge is -2.11. The summed E-state index contributed by atoms with van der Waals surface area (Å²) in [5.74, 6) is -0.475. The van der Waals surface area contributed by atoms with Gasteiger partial charge in [-0.3, -0.25) is 4.79 Å². The number of amides is 1. The van der Waals surface area contributed by atoms with Crippen molar-refractivity contribution in [1.82, 2.24) is 0 Å². The monoisotopic (exact) mass is 283 g/mol. The SMILES string of the molecule is CCCCc1ccc(Nc2cc(N)ccc2C(N)=O)cc1. The second kappa shape index (κ2) is 6.79. The zero-order valence-electron chi connectivity index (χ0n) is 12.2. The highest BCUT2D eigenvalue weighted by molar-refractivity contribution is 5.99. The quantitative estimate of drug-likeness (QED) is 0.710. The number of nitrogens with two attached hydrogens (primary N) is 2. The fourth-order valence-electron chi connectivity index (χ4n) is 2.17. The molecule has 5 N–H and O–H groups in total. The molecule has 1 amide bonds. The first-order chi connectivity index (χ1) is 10.1. The van der Waals surface area contributed by atoms with Crippen molar-refractivity contribution in [2.24, 2.45) is 5.73 Å². The highest BCUT2D eigenvalue weighted by atomic mass is 16.1. The minimum absolute atomic E-state index is 0.430. The van der Waals surface area contributed by atoms with Crippen molar-refractivity contribution in [3.8, 4) is 0 Å². The number of anilines is 3. The summed E-state index contributed by atoms with van der Waals surface area (Å²) in [5.41, 5.74) is 15.0. The Kier molecular flexibility index (Phi) is 4.82. The van der Waals surface area contributed by atoms with Crippen LogP contribution in [0.4, 0.5) is 17.1 Å². The first-order valence-corrected chi connectivity index (χ1v) is 7.15. The Balaban J connectivity index is 2.18. The first kappa shape index (κ1) is 14.9. The normalized spacial score (nSPS) is 10.3. The van der Waals surface area contributed by atoms with E-state index >= 15 is 0 Å². The van der Waals surface area contributed by atoms with E-state index in [4.69, 9.17) is 11.5 Å². The van der Waals surface area contributed by atoms with Crippen molar-refractivity contribution in [3.63, 3.8) is 0 Å². The second-order valence-corrected chi connectivity index (χ2v) is 5.09. The van der Waals surface area contributed by atoms with Gasteiger partial charge in [-0.05, 0) is 48.7 Å². The summed E-state index contributed by atoms with van der Waals surface area (Å²) in [4.78, 5) is 11.4. The Morgan fingerprint density at radius 2 is 1.86 bits per heavy atom. The molecule has 0 aromatic heterocycles. The smallest absolute Gasteiger partial charge is 0.250 e. The van der Waals surface area contributed by atoms with E-state index < -0.39 is 5.91 Å². The summed E-state index contributed by atoms with van der Waals surface area (Å²) in [6.07, 6.45) is 3.46. The summed E-state index contributed by atoms with van der Waals surface area (Å²) < 4.78 is 0. The molecule has 110 valence electrons. The molecule has 0 aliphatic rings. The lowest BCUT2D eigenvalue weighted by molar-refractivity contribution is 0.100. The fourth-order valence-corrected chi connectivity index (χ4v) is 2.17. The number of carbonyl (C=O) groups excluding carboxylic acids is 1. The van der Waals surface area contributed by atoms with Crippen LogP contribution in [0, 0.1) is 0 Å². The number of rotatable bonds is 6. The lowest BCUT2D eigenvalue weighted by Crippen LogP contribution is -2.13. The molecule has 0 atom stereocenters. The maximum Gasteiger partial charge on any atom is 0.250 e. The summed E-state index contributed by atoms with van der Waals surface area (Å²) in [7, 11) is 0. The summed E-state index contributed by atoms with van der Waals surface area (Å²) >= 11 is 0. The highest BCUT2D eigenvalue weighted by Crippen LogP contribution is 2.24. The van der Waals surface area contributed by atoms with E-state index in [1.807, 2.05) is 12.1 Å². The van der Waals surface area contributed by atoms with Crippen LogP contribution >= 0.6 is 0 Å². The number of primary amides is 1. The number of benzene rings is 2. The summed E-state index contributed by atoms with van der Waals surface area (Å²) in [6.45, 7) is 2.18. The number of carbonyl (C=O) groups is 1. The molecule has 0 aliphatic heterocycles. The molecule has 4 heteroatoms. The van der Waals surface area contributed by atoms with Crippen molar-refractivity contribution >= 4 is 23.0 Å². The van der Waals surface area contributed by atoms with Gasteiger partial charge in [0.2, 0.25) is 0 Å². The molecule has 21 heavy (non-hydrogen) atoms. The maximum atomic E-state index is 11.4. The third-order valence-corrected chi connectivity index (χ3v) is 3.36. The third kappa shape index (κ3) is 3.99. The third-order valence-electron chi connectivity index (χ3n) is 3.36. The predicted molar refractivity (Wildman–Crippen MR) is 87.7 cm³/mol. The number of nitrogen functional groups attached to an aromatic ring is 1. The van der Waals surface area contributed by atoms with Crippen LogP contribution in [0.1, 0.15) is 35.7 Å². The van der Waals surface area contributed by atoms with E-state index in [2.05, 4.69) is 24.4 Å². The van der Waals surface area contributed by atoms with E-state index in [1.165, 1.54) is 18.4 Å². The van der Waals surface area contributed by atoms with Crippen LogP contribution in [0.3, 0.4) is 0 Å². The minimum Gasteiger partial charge on any atom is -0.399 e. The van der Waals surface area contributed by atoms with E-state index in [1.54, 1.807) is 18.2 Å². The van der Waals surface area contributed by atoms with Gasteiger partial charge in [-0.1, -0.05) is 25.5 Å². The maximum absolute atomic E-state index is 11.4. The molecule has 0 bridgehead atoms. The molecule has 0 aliphatic carbocycles. The number of nitrogens with one attached hydrogen (secondary N) is 1. The lowest BCUT2D eigenvalue weighted by atomic mass is 10.1. The van der Waals surface area contributed by atoms with E-state index in [-0.39, 0.29) is 0 Å². The highest BCUT2D eigenvalue weighted by Gasteiger charge is 2.08. The Labute approximate surface area is 125 Å². The molecule has 0 unspecified atom stereocenters. The Morgan fingerprint density at radius 1 is 1.14 bits per heavy atom. The zero-order chi connectivity index (χ0) is 15.2. The van der Waals surface area contributed by atoms with Crippen LogP contribution < -0.4 is 16.8 Å². The van der Waals surface area contributed by atoms with Gasteiger partial charge in [0, 0.05) is 11.4 Å². The standard InChI is InChI=1S/C17H21N3O/c1-2-3-4-12-5-8-14(9-6-12)20-16-11-13(18)7-10-15(16)17(19)21/h5-11,20H,2-4,18H2,1H3,(H2,19,21). The molecular formula is C17H21N3O. The van der Waals surface area contributed by atoms with Gasteiger partial charge in [-0.2, -0.15) is 0 Å². The van der Waals surface area contributed by atoms with Gasteiger partial charge in [0.25, 0.3) is 5.91 Å². The molecule has 4 nitrogen and oxygen atoms in total. The number of hydrogen-bond donors (Lipinski definition) is 3. The molecule has 0 spiro atoms. The molecular weight excluding hydrogens is 262 g/mol. The molecule has 2 rings (SSSR count). The summed E-state index contributed by atoms with van der Waals surface area (Å²) in [5, 5.41) is 3.20. The topological polar surface area (TPSA) is 81.1 Å². The zero-order valence-corrected chi connectivity index (χ0v) is 12.2. The molecule has 0 saturated carbocycles. The average Bonchev–Trinajstić information content (AvgIpc) is 2.46. The van der Waals surface area contributed by atoms with Crippen LogP contribution in [-0.4, -0.2) is 5.91 Å². The Hall–Kier alpha value is -2.49. The van der Waals surface area contributed by atoms with Crippen LogP contribution in [0.25, 0.3) is 0 Å².